The van der Waals surface area contributed by atoms with Crippen molar-refractivity contribution >= 4 is 7.28 Å². The van der Waals surface area contributed by atoms with Gasteiger partial charge in [0.1, 0.15) is 7.28 Å². The largest absolute Gasteiger partial charge is 0.132 e. The molecule has 0 bridgehead atoms. The topological polar surface area (TPSA) is 0 Å². The fourth-order valence-electron chi connectivity index (χ4n) is 1.11. The van der Waals surface area contributed by atoms with Crippen LogP contribution in [0.3, 0.4) is 0 Å². The van der Waals surface area contributed by atoms with Crippen LogP contribution >= 0.6 is 0 Å². The molecule has 10 heavy (non-hydrogen) atoms. The van der Waals surface area contributed by atoms with Crippen LogP contribution in [0.2, 0.25) is 11.6 Å². The fraction of sp³-hybridized carbons (Fsp3) is 0.556. The summed E-state index contributed by atoms with van der Waals surface area (Å²) in [6.07, 6.45) is 5.12. The minimum Gasteiger partial charge on any atom is -0.104 e. The predicted molar refractivity (Wildman–Crippen MR) is 51.0 cm³/mol. The summed E-state index contributed by atoms with van der Waals surface area (Å²) >= 11 is 0. The van der Waals surface area contributed by atoms with E-state index in [0.29, 0.717) is 5.82 Å². The highest BCUT2D eigenvalue weighted by Crippen LogP contribution is 2.15. The van der Waals surface area contributed by atoms with Crippen molar-refractivity contribution < 1.29 is 0 Å². The Morgan fingerprint density at radius 3 is 2.40 bits per heavy atom. The Morgan fingerprint density at radius 1 is 1.40 bits per heavy atom. The first-order valence-electron chi connectivity index (χ1n) is 3.94. The van der Waals surface area contributed by atoms with E-state index in [2.05, 4.69) is 27.0 Å². The van der Waals surface area contributed by atoms with E-state index in [0.717, 1.165) is 12.2 Å². The average molecular weight is 136 g/mol. The van der Waals surface area contributed by atoms with Crippen LogP contribution in [0.4, 0.5) is 0 Å². The number of rotatable bonds is 5. The molecular weight excluding hydrogens is 119 g/mol. The van der Waals surface area contributed by atoms with Crippen LogP contribution in [-0.4, -0.2) is 7.28 Å². The Morgan fingerprint density at radius 2 is 2.00 bits per heavy atom. The van der Waals surface area contributed by atoms with Gasteiger partial charge in [-0.15, -0.1) is 13.2 Å². The van der Waals surface area contributed by atoms with Gasteiger partial charge in [-0.1, -0.05) is 37.6 Å². The summed E-state index contributed by atoms with van der Waals surface area (Å²) in [6.45, 7) is 11.9. The van der Waals surface area contributed by atoms with E-state index in [-0.39, 0.29) is 0 Å². The van der Waals surface area contributed by atoms with E-state index in [9.17, 15) is 0 Å². The molecule has 1 heteroatoms. The molecule has 0 saturated heterocycles. The van der Waals surface area contributed by atoms with Gasteiger partial charge >= 0.3 is 0 Å². The molecule has 0 aliphatic rings. The van der Waals surface area contributed by atoms with Crippen molar-refractivity contribution in [1.29, 1.82) is 0 Å². The second kappa shape index (κ2) is 5.34. The molecule has 0 radical (unpaired) electrons. The van der Waals surface area contributed by atoms with Gasteiger partial charge in [-0.05, 0) is 6.42 Å². The lowest BCUT2D eigenvalue weighted by Gasteiger charge is -2.08. The lowest BCUT2D eigenvalue weighted by Crippen LogP contribution is -2.02. The lowest BCUT2D eigenvalue weighted by molar-refractivity contribution is 0.919. The summed E-state index contributed by atoms with van der Waals surface area (Å²) in [7, 11) is 1.23. The summed E-state index contributed by atoms with van der Waals surface area (Å²) < 4.78 is 0. The molecular formula is C9H17B. The van der Waals surface area contributed by atoms with Gasteiger partial charge in [-0.25, -0.2) is 0 Å². The molecule has 0 saturated carbocycles. The van der Waals surface area contributed by atoms with Crippen LogP contribution in [0.1, 0.15) is 20.3 Å². The summed E-state index contributed by atoms with van der Waals surface area (Å²) in [4.78, 5) is 0. The van der Waals surface area contributed by atoms with E-state index in [4.69, 9.17) is 0 Å². The van der Waals surface area contributed by atoms with E-state index in [1.165, 1.54) is 7.28 Å². The Labute approximate surface area is 65.3 Å². The second-order valence-corrected chi connectivity index (χ2v) is 3.08. The van der Waals surface area contributed by atoms with Crippen molar-refractivity contribution in [3.05, 3.63) is 25.3 Å². The molecule has 0 N–H and O–H groups in total. The van der Waals surface area contributed by atoms with Gasteiger partial charge in [0.2, 0.25) is 0 Å². The molecule has 0 aromatic carbocycles. The average Bonchev–Trinajstić information content (AvgIpc) is 1.88. The molecule has 0 aliphatic heterocycles. The van der Waals surface area contributed by atoms with Gasteiger partial charge in [-0.2, -0.15) is 0 Å². The zero-order valence-electron chi connectivity index (χ0n) is 7.14. The fourth-order valence-corrected chi connectivity index (χ4v) is 1.11. The Kier molecular flexibility index (Phi) is 5.10. The minimum atomic E-state index is 0.648. The Balaban J connectivity index is 3.45. The van der Waals surface area contributed by atoms with E-state index < -0.39 is 0 Å². The van der Waals surface area contributed by atoms with Gasteiger partial charge in [0, 0.05) is 0 Å². The molecule has 0 aromatic rings. The van der Waals surface area contributed by atoms with Gasteiger partial charge in [0.05, 0.1) is 0 Å². The first kappa shape index (κ1) is 9.54. The van der Waals surface area contributed by atoms with Crippen molar-refractivity contribution in [3.63, 3.8) is 0 Å². The molecule has 56 valence electrons. The maximum Gasteiger partial charge on any atom is 0.132 e. The third kappa shape index (κ3) is 4.43. The highest BCUT2D eigenvalue weighted by molar-refractivity contribution is 6.40. The van der Waals surface area contributed by atoms with Crippen LogP contribution in [0, 0.1) is 0 Å². The monoisotopic (exact) mass is 136 g/mol. The third-order valence-electron chi connectivity index (χ3n) is 1.75. The molecule has 0 spiro atoms. The van der Waals surface area contributed by atoms with Crippen LogP contribution in [0.5, 0.6) is 0 Å². The summed E-state index contributed by atoms with van der Waals surface area (Å²) in [5.74, 6) is 1.40. The predicted octanol–water partition coefficient (Wildman–Crippen LogP) is 2.80. The summed E-state index contributed by atoms with van der Waals surface area (Å²) in [6, 6.07) is 0. The van der Waals surface area contributed by atoms with Crippen LogP contribution in [0.25, 0.3) is 0 Å². The van der Waals surface area contributed by atoms with Gasteiger partial charge < -0.3 is 0 Å². The second-order valence-electron chi connectivity index (χ2n) is 3.08. The molecule has 2 atom stereocenters. The van der Waals surface area contributed by atoms with Crippen molar-refractivity contribution in [2.45, 2.75) is 31.9 Å². The van der Waals surface area contributed by atoms with E-state index in [1.807, 2.05) is 12.2 Å². The molecule has 0 aliphatic carbocycles. The maximum absolute atomic E-state index is 3.75. The molecule has 0 rings (SSSR count). The molecule has 0 nitrogen and oxygen atoms in total. The standard InChI is InChI=1S/C9H17B/c1-5-7-9(4)10-8(3)6-2/h5-6,8-10H,1-2,7H2,3-4H3. The van der Waals surface area contributed by atoms with Crippen molar-refractivity contribution in [2.24, 2.45) is 0 Å². The first-order valence-corrected chi connectivity index (χ1v) is 3.94. The highest BCUT2D eigenvalue weighted by Gasteiger charge is 2.05. The third-order valence-corrected chi connectivity index (χ3v) is 1.75. The Hall–Kier alpha value is -0.455. The van der Waals surface area contributed by atoms with E-state index >= 15 is 0 Å². The van der Waals surface area contributed by atoms with Crippen molar-refractivity contribution in [1.82, 2.24) is 0 Å². The molecule has 0 aromatic heterocycles. The maximum atomic E-state index is 3.75. The molecule has 2 unspecified atom stereocenters. The Bertz CT molecular complexity index is 107. The van der Waals surface area contributed by atoms with Gasteiger partial charge in [-0.3, -0.25) is 0 Å². The van der Waals surface area contributed by atoms with Gasteiger partial charge in [0.25, 0.3) is 0 Å². The normalized spacial score (nSPS) is 15.4. The van der Waals surface area contributed by atoms with Crippen molar-refractivity contribution in [3.8, 4) is 0 Å². The van der Waals surface area contributed by atoms with Crippen LogP contribution in [-0.2, 0) is 0 Å². The van der Waals surface area contributed by atoms with E-state index in [1.54, 1.807) is 0 Å². The first-order chi connectivity index (χ1) is 4.70. The van der Waals surface area contributed by atoms with Crippen LogP contribution in [0.15, 0.2) is 25.3 Å². The molecule has 0 heterocycles. The van der Waals surface area contributed by atoms with Gasteiger partial charge in [0.15, 0.2) is 0 Å². The molecule has 0 fully saturated rings. The summed E-state index contributed by atoms with van der Waals surface area (Å²) in [5, 5.41) is 0. The summed E-state index contributed by atoms with van der Waals surface area (Å²) in [5.41, 5.74) is 0. The van der Waals surface area contributed by atoms with Crippen LogP contribution < -0.4 is 0 Å². The highest BCUT2D eigenvalue weighted by atomic mass is 13.9. The smallest absolute Gasteiger partial charge is 0.104 e. The number of hydrogen-bond donors (Lipinski definition) is 0. The SMILES string of the molecule is C=CCC(C)BC(C)C=C. The number of allylic oxidation sites excluding steroid dienone is 2. The lowest BCUT2D eigenvalue weighted by atomic mass is 9.55. The zero-order chi connectivity index (χ0) is 7.98. The minimum absolute atomic E-state index is 0.648. The van der Waals surface area contributed by atoms with Crippen molar-refractivity contribution in [2.75, 3.05) is 0 Å². The zero-order valence-corrected chi connectivity index (χ0v) is 7.14. The molecule has 0 amide bonds. The quantitative estimate of drug-likeness (QED) is 0.402. The number of hydrogen-bond acceptors (Lipinski definition) is 0.